The number of hydrogen-bond acceptors (Lipinski definition) is 3. The first-order chi connectivity index (χ1) is 6.77. The van der Waals surface area contributed by atoms with Crippen LogP contribution in [0.25, 0.3) is 0 Å². The highest BCUT2D eigenvalue weighted by molar-refractivity contribution is 9.10. The smallest absolute Gasteiger partial charge is 0.0798 e. The molecule has 2 unspecified atom stereocenters. The van der Waals surface area contributed by atoms with Crippen LogP contribution in [0.2, 0.25) is 0 Å². The maximum absolute atomic E-state index is 9.64. The zero-order chi connectivity index (χ0) is 9.97. The minimum Gasteiger partial charge on any atom is -0.391 e. The molecule has 2 rings (SSSR count). The first-order valence-corrected chi connectivity index (χ1v) is 6.24. The first-order valence-electron chi connectivity index (χ1n) is 4.57. The number of nitrogens with one attached hydrogen (secondary N) is 1. The van der Waals surface area contributed by atoms with Gasteiger partial charge in [-0.2, -0.15) is 0 Å². The number of aliphatic hydroxyl groups is 1. The van der Waals surface area contributed by atoms with Gasteiger partial charge >= 0.3 is 0 Å². The molecule has 1 aliphatic heterocycles. The van der Waals surface area contributed by atoms with Gasteiger partial charge in [0.25, 0.3) is 0 Å². The number of β-amino-alcohol motifs (C(OH)–C–C–N with tert-alkyl or cyclic N) is 1. The van der Waals surface area contributed by atoms with Gasteiger partial charge in [0.05, 0.1) is 6.10 Å². The average Bonchev–Trinajstić information content (AvgIpc) is 2.56. The molecule has 1 aliphatic rings. The largest absolute Gasteiger partial charge is 0.391 e. The van der Waals surface area contributed by atoms with E-state index >= 15 is 0 Å². The molecule has 76 valence electrons. The summed E-state index contributed by atoms with van der Waals surface area (Å²) in [5.74, 6) is 0. The molecule has 2 N–H and O–H groups in total. The molecule has 2 nitrogen and oxygen atoms in total. The Morgan fingerprint density at radius 3 is 2.79 bits per heavy atom. The average molecular weight is 274 g/mol. The Labute approximate surface area is 96.2 Å². The van der Waals surface area contributed by atoms with Gasteiger partial charge < -0.3 is 10.4 Å². The van der Waals surface area contributed by atoms with Crippen LogP contribution >= 0.6 is 27.7 Å². The Kier molecular flexibility index (Phi) is 3.49. The van der Waals surface area contributed by atoms with Crippen LogP contribution in [0.4, 0.5) is 0 Å². The molecule has 0 spiro atoms. The molecular formula is C10H12BrNOS. The molecule has 0 aliphatic carbocycles. The first kappa shape index (κ1) is 10.5. The maximum Gasteiger partial charge on any atom is 0.0798 e. The molecule has 0 bridgehead atoms. The van der Waals surface area contributed by atoms with E-state index in [0.29, 0.717) is 6.54 Å². The van der Waals surface area contributed by atoms with Gasteiger partial charge in [-0.1, -0.05) is 12.1 Å². The van der Waals surface area contributed by atoms with E-state index in [1.54, 1.807) is 11.8 Å². The van der Waals surface area contributed by atoms with E-state index in [1.165, 1.54) is 4.90 Å². The lowest BCUT2D eigenvalue weighted by molar-refractivity contribution is 0.201. The maximum atomic E-state index is 9.64. The highest BCUT2D eigenvalue weighted by Gasteiger charge is 2.26. The van der Waals surface area contributed by atoms with Crippen LogP contribution in [0, 0.1) is 0 Å². The molecule has 4 heteroatoms. The van der Waals surface area contributed by atoms with Crippen molar-refractivity contribution in [3.8, 4) is 0 Å². The third-order valence-corrected chi connectivity index (χ3v) is 4.59. The Hall–Kier alpha value is -0.0300. The van der Waals surface area contributed by atoms with Gasteiger partial charge in [0.2, 0.25) is 0 Å². The highest BCUT2D eigenvalue weighted by atomic mass is 79.9. The summed E-state index contributed by atoms with van der Waals surface area (Å²) in [6, 6.07) is 8.11. The van der Waals surface area contributed by atoms with Crippen LogP contribution in [0.5, 0.6) is 0 Å². The van der Waals surface area contributed by atoms with E-state index in [4.69, 9.17) is 0 Å². The fraction of sp³-hybridized carbons (Fsp3) is 0.400. The fourth-order valence-electron chi connectivity index (χ4n) is 1.46. The Balaban J connectivity index is 2.07. The van der Waals surface area contributed by atoms with E-state index in [0.717, 1.165) is 11.0 Å². The summed E-state index contributed by atoms with van der Waals surface area (Å²) in [4.78, 5) is 1.19. The van der Waals surface area contributed by atoms with Crippen LogP contribution in [0.1, 0.15) is 0 Å². The van der Waals surface area contributed by atoms with E-state index in [9.17, 15) is 5.11 Å². The van der Waals surface area contributed by atoms with E-state index in [1.807, 2.05) is 18.2 Å². The molecule has 1 aromatic rings. The van der Waals surface area contributed by atoms with Crippen molar-refractivity contribution in [3.63, 3.8) is 0 Å². The lowest BCUT2D eigenvalue weighted by atomic mass is 10.3. The molecule has 0 aromatic heterocycles. The van der Waals surface area contributed by atoms with Crippen LogP contribution < -0.4 is 5.32 Å². The Bertz CT molecular complexity index is 321. The number of rotatable bonds is 2. The normalized spacial score (nSPS) is 26.7. The van der Waals surface area contributed by atoms with Crippen molar-refractivity contribution in [2.45, 2.75) is 16.2 Å². The Morgan fingerprint density at radius 1 is 1.36 bits per heavy atom. The lowest BCUT2D eigenvalue weighted by Crippen LogP contribution is -2.19. The van der Waals surface area contributed by atoms with E-state index < -0.39 is 0 Å². The van der Waals surface area contributed by atoms with Crippen molar-refractivity contribution in [2.24, 2.45) is 0 Å². The molecule has 0 saturated carbocycles. The van der Waals surface area contributed by atoms with Crippen molar-refractivity contribution >= 4 is 27.7 Å². The predicted molar refractivity (Wildman–Crippen MR) is 62.7 cm³/mol. The zero-order valence-corrected chi connectivity index (χ0v) is 10.0. The van der Waals surface area contributed by atoms with Gasteiger partial charge in [-0.15, -0.1) is 11.8 Å². The predicted octanol–water partition coefficient (Wildman–Crippen LogP) is 1.87. The summed E-state index contributed by atoms with van der Waals surface area (Å²) in [5.41, 5.74) is 0. The van der Waals surface area contributed by atoms with Crippen LogP contribution in [-0.4, -0.2) is 29.5 Å². The SMILES string of the molecule is OC1CNCC1Sc1ccccc1Br. The second kappa shape index (κ2) is 4.66. The zero-order valence-electron chi connectivity index (χ0n) is 7.61. The van der Waals surface area contributed by atoms with Crippen molar-refractivity contribution in [3.05, 3.63) is 28.7 Å². The second-order valence-electron chi connectivity index (χ2n) is 3.31. The third kappa shape index (κ3) is 2.31. The van der Waals surface area contributed by atoms with Crippen LogP contribution in [0.15, 0.2) is 33.6 Å². The number of thioether (sulfide) groups is 1. The minimum absolute atomic E-state index is 0.230. The summed E-state index contributed by atoms with van der Waals surface area (Å²) >= 11 is 5.23. The summed E-state index contributed by atoms with van der Waals surface area (Å²) < 4.78 is 1.10. The van der Waals surface area contributed by atoms with Crippen molar-refractivity contribution in [2.75, 3.05) is 13.1 Å². The minimum atomic E-state index is -0.230. The topological polar surface area (TPSA) is 32.3 Å². The molecule has 14 heavy (non-hydrogen) atoms. The van der Waals surface area contributed by atoms with Crippen molar-refractivity contribution < 1.29 is 5.11 Å². The van der Waals surface area contributed by atoms with Gasteiger partial charge in [-0.3, -0.25) is 0 Å². The molecule has 2 atom stereocenters. The third-order valence-electron chi connectivity index (χ3n) is 2.24. The monoisotopic (exact) mass is 273 g/mol. The summed E-state index contributed by atoms with van der Waals surface area (Å²) in [7, 11) is 0. The molecule has 1 heterocycles. The van der Waals surface area contributed by atoms with Crippen molar-refractivity contribution in [1.29, 1.82) is 0 Å². The standard InChI is InChI=1S/C10H12BrNOS/c11-7-3-1-2-4-9(7)14-10-6-12-5-8(10)13/h1-4,8,10,12-13H,5-6H2. The molecule has 0 amide bonds. The summed E-state index contributed by atoms with van der Waals surface area (Å²) in [6.07, 6.45) is -0.230. The number of benzene rings is 1. The van der Waals surface area contributed by atoms with Gasteiger partial charge in [0.1, 0.15) is 0 Å². The molecule has 0 radical (unpaired) electrons. The van der Waals surface area contributed by atoms with Crippen molar-refractivity contribution in [1.82, 2.24) is 5.32 Å². The Morgan fingerprint density at radius 2 is 2.14 bits per heavy atom. The second-order valence-corrected chi connectivity index (χ2v) is 5.45. The summed E-state index contributed by atoms with van der Waals surface area (Å²) in [5, 5.41) is 13.1. The molecule has 1 aromatic carbocycles. The number of halogens is 1. The van der Waals surface area contributed by atoms with Gasteiger partial charge in [-0.05, 0) is 28.1 Å². The van der Waals surface area contributed by atoms with E-state index in [-0.39, 0.29) is 11.4 Å². The molecular weight excluding hydrogens is 262 g/mol. The fourth-order valence-corrected chi connectivity index (χ4v) is 3.15. The van der Waals surface area contributed by atoms with Crippen LogP contribution in [0.3, 0.4) is 0 Å². The van der Waals surface area contributed by atoms with Crippen LogP contribution in [-0.2, 0) is 0 Å². The van der Waals surface area contributed by atoms with Gasteiger partial charge in [-0.25, -0.2) is 0 Å². The number of aliphatic hydroxyl groups excluding tert-OH is 1. The quantitative estimate of drug-likeness (QED) is 0.863. The lowest BCUT2D eigenvalue weighted by Gasteiger charge is -2.13. The number of hydrogen-bond donors (Lipinski definition) is 2. The summed E-state index contributed by atoms with van der Waals surface area (Å²) in [6.45, 7) is 1.59. The molecule has 1 saturated heterocycles. The van der Waals surface area contributed by atoms with E-state index in [2.05, 4.69) is 27.3 Å². The van der Waals surface area contributed by atoms with Gasteiger partial charge in [0, 0.05) is 27.7 Å². The molecule has 1 fully saturated rings. The highest BCUT2D eigenvalue weighted by Crippen LogP contribution is 2.32. The van der Waals surface area contributed by atoms with Gasteiger partial charge in [0.15, 0.2) is 0 Å².